The summed E-state index contributed by atoms with van der Waals surface area (Å²) >= 11 is 5.57. The van der Waals surface area contributed by atoms with Crippen LogP contribution in [0.3, 0.4) is 0 Å². The summed E-state index contributed by atoms with van der Waals surface area (Å²) in [6, 6.07) is 4.40. The Labute approximate surface area is 145 Å². The molecule has 0 saturated heterocycles. The monoisotopic (exact) mass is 347 g/mol. The molecular formula is C18H18ClNO4. The number of carbonyl (C=O) groups excluding carboxylic acids is 3. The summed E-state index contributed by atoms with van der Waals surface area (Å²) in [4.78, 5) is 38.6. The van der Waals surface area contributed by atoms with E-state index in [1.807, 2.05) is 0 Å². The number of amides is 2. The highest BCUT2D eigenvalue weighted by Gasteiger charge is 2.40. The molecule has 0 N–H and O–H groups in total. The molecule has 0 aromatic heterocycles. The predicted molar refractivity (Wildman–Crippen MR) is 89.1 cm³/mol. The first-order valence-electron chi connectivity index (χ1n) is 8.01. The van der Waals surface area contributed by atoms with Crippen molar-refractivity contribution in [2.45, 2.75) is 38.1 Å². The van der Waals surface area contributed by atoms with Crippen molar-refractivity contribution in [1.29, 1.82) is 0 Å². The van der Waals surface area contributed by atoms with Crippen LogP contribution in [0.25, 0.3) is 0 Å². The smallest absolute Gasteiger partial charge is 0.338 e. The topological polar surface area (TPSA) is 63.7 Å². The number of nitrogens with zero attached hydrogens (tertiary/aromatic N) is 1. The first-order valence-corrected chi connectivity index (χ1v) is 8.39. The molecule has 0 atom stereocenters. The molecule has 2 aliphatic rings. The average Bonchev–Trinajstić information content (AvgIpc) is 2.84. The molecule has 1 saturated carbocycles. The fourth-order valence-corrected chi connectivity index (χ4v) is 3.34. The maximum atomic E-state index is 12.7. The lowest BCUT2D eigenvalue weighted by Gasteiger charge is -2.29. The molecule has 1 fully saturated rings. The van der Waals surface area contributed by atoms with E-state index in [9.17, 15) is 14.4 Å². The van der Waals surface area contributed by atoms with Crippen molar-refractivity contribution in [2.24, 2.45) is 0 Å². The maximum Gasteiger partial charge on any atom is 0.338 e. The van der Waals surface area contributed by atoms with E-state index in [1.54, 1.807) is 0 Å². The summed E-state index contributed by atoms with van der Waals surface area (Å²) in [5.41, 5.74) is 0.840. The molecule has 6 heteroatoms. The number of hydrogen-bond acceptors (Lipinski definition) is 4. The van der Waals surface area contributed by atoms with Gasteiger partial charge in [0.25, 0.3) is 11.8 Å². The van der Waals surface area contributed by atoms with E-state index in [0.717, 1.165) is 32.1 Å². The number of benzene rings is 1. The predicted octanol–water partition coefficient (Wildman–Crippen LogP) is 3.52. The fourth-order valence-electron chi connectivity index (χ4n) is 3.28. The van der Waals surface area contributed by atoms with Gasteiger partial charge < -0.3 is 4.74 Å². The Morgan fingerprint density at radius 3 is 2.50 bits per heavy atom. The van der Waals surface area contributed by atoms with Crippen molar-refractivity contribution in [1.82, 2.24) is 4.90 Å². The summed E-state index contributed by atoms with van der Waals surface area (Å²) in [5, 5.41) is 0.208. The third-order valence-corrected chi connectivity index (χ3v) is 4.56. The van der Waals surface area contributed by atoms with E-state index in [4.69, 9.17) is 16.3 Å². The van der Waals surface area contributed by atoms with Crippen molar-refractivity contribution in [3.63, 3.8) is 0 Å². The van der Waals surface area contributed by atoms with Crippen LogP contribution in [0.4, 0.5) is 0 Å². The number of ether oxygens (including phenoxy) is 1. The van der Waals surface area contributed by atoms with Crippen LogP contribution in [0, 0.1) is 0 Å². The third kappa shape index (κ3) is 3.08. The van der Waals surface area contributed by atoms with Gasteiger partial charge in [0.15, 0.2) is 0 Å². The minimum atomic E-state index is -0.601. The zero-order valence-electron chi connectivity index (χ0n) is 13.2. The Hall–Kier alpha value is -2.14. The van der Waals surface area contributed by atoms with Gasteiger partial charge in [-0.25, -0.2) is 4.79 Å². The van der Waals surface area contributed by atoms with Crippen LogP contribution in [-0.2, 0) is 4.74 Å². The van der Waals surface area contributed by atoms with Crippen molar-refractivity contribution >= 4 is 29.4 Å². The van der Waals surface area contributed by atoms with Crippen LogP contribution in [0.2, 0.25) is 0 Å². The number of halogens is 1. The number of fused-ring (bicyclic) bond motifs is 1. The van der Waals surface area contributed by atoms with Crippen molar-refractivity contribution in [3.8, 4) is 0 Å². The molecule has 5 nitrogen and oxygen atoms in total. The molecule has 0 bridgehead atoms. The normalized spacial score (nSPS) is 17.8. The summed E-state index contributed by atoms with van der Waals surface area (Å²) in [7, 11) is 0. The summed E-state index contributed by atoms with van der Waals surface area (Å²) in [5.74, 6) is -1.19. The molecule has 1 aromatic carbocycles. The van der Waals surface area contributed by atoms with Gasteiger partial charge in [0.05, 0.1) is 16.7 Å². The number of rotatable bonds is 4. The highest BCUT2D eigenvalue weighted by molar-refractivity contribution is 6.29. The quantitative estimate of drug-likeness (QED) is 0.617. The molecule has 0 radical (unpaired) electrons. The van der Waals surface area contributed by atoms with E-state index in [0.29, 0.717) is 5.56 Å². The van der Waals surface area contributed by atoms with Gasteiger partial charge in [0.1, 0.15) is 6.61 Å². The van der Waals surface area contributed by atoms with Gasteiger partial charge in [-0.05, 0) is 31.0 Å². The molecule has 1 aliphatic heterocycles. The minimum Gasteiger partial charge on any atom is -0.456 e. The highest BCUT2D eigenvalue weighted by Crippen LogP contribution is 2.31. The molecule has 0 unspecified atom stereocenters. The lowest BCUT2D eigenvalue weighted by molar-refractivity contribution is 0.0539. The second-order valence-corrected chi connectivity index (χ2v) is 6.66. The van der Waals surface area contributed by atoms with Crippen molar-refractivity contribution in [3.05, 3.63) is 46.5 Å². The van der Waals surface area contributed by atoms with Gasteiger partial charge in [-0.15, -0.1) is 0 Å². The van der Waals surface area contributed by atoms with Gasteiger partial charge in [0.2, 0.25) is 0 Å². The van der Waals surface area contributed by atoms with E-state index < -0.39 is 5.97 Å². The Bertz CT molecular complexity index is 722. The third-order valence-electron chi connectivity index (χ3n) is 4.45. The molecule has 0 spiro atoms. The van der Waals surface area contributed by atoms with Crippen LogP contribution >= 0.6 is 11.6 Å². The fraction of sp³-hybridized carbons (Fsp3) is 0.389. The molecular weight excluding hydrogens is 330 g/mol. The Balaban J connectivity index is 1.83. The molecule has 24 heavy (non-hydrogen) atoms. The van der Waals surface area contributed by atoms with Crippen LogP contribution < -0.4 is 0 Å². The van der Waals surface area contributed by atoms with Gasteiger partial charge in [-0.3, -0.25) is 14.5 Å². The lowest BCUT2D eigenvalue weighted by atomic mass is 9.94. The van der Waals surface area contributed by atoms with Gasteiger partial charge in [0, 0.05) is 11.1 Å². The first kappa shape index (κ1) is 16.7. The van der Waals surface area contributed by atoms with Crippen LogP contribution in [0.5, 0.6) is 0 Å². The Morgan fingerprint density at radius 1 is 1.17 bits per heavy atom. The highest BCUT2D eigenvalue weighted by atomic mass is 35.5. The van der Waals surface area contributed by atoms with Crippen molar-refractivity contribution < 1.29 is 19.1 Å². The number of esters is 1. The van der Waals surface area contributed by atoms with E-state index in [1.165, 1.54) is 23.1 Å². The summed E-state index contributed by atoms with van der Waals surface area (Å²) in [6.45, 7) is 3.35. The molecule has 126 valence electrons. The standard InChI is InChI=1S/C18H18ClNO4/c1-11(19)10-24-18(23)12-7-8-14-15(9-12)17(22)20(16(14)21)13-5-3-2-4-6-13/h7-9,13H,1-6,10H2. The maximum absolute atomic E-state index is 12.7. The minimum absolute atomic E-state index is 0.0406. The van der Waals surface area contributed by atoms with Crippen molar-refractivity contribution in [2.75, 3.05) is 6.61 Å². The molecule has 3 rings (SSSR count). The van der Waals surface area contributed by atoms with Gasteiger partial charge in [-0.1, -0.05) is 37.4 Å². The van der Waals surface area contributed by atoms with E-state index in [-0.39, 0.29) is 40.6 Å². The average molecular weight is 348 g/mol. The molecule has 1 aliphatic carbocycles. The Kier molecular flexibility index (Phi) is 4.71. The van der Waals surface area contributed by atoms with Crippen LogP contribution in [0.15, 0.2) is 29.8 Å². The van der Waals surface area contributed by atoms with Gasteiger partial charge >= 0.3 is 5.97 Å². The molecule has 1 aromatic rings. The zero-order chi connectivity index (χ0) is 17.3. The number of hydrogen-bond donors (Lipinski definition) is 0. The second-order valence-electron chi connectivity index (χ2n) is 6.13. The molecule has 2 amide bonds. The second kappa shape index (κ2) is 6.77. The summed E-state index contributed by atoms with van der Waals surface area (Å²) < 4.78 is 4.97. The van der Waals surface area contributed by atoms with Crippen LogP contribution in [-0.4, -0.2) is 35.3 Å². The number of imide groups is 1. The Morgan fingerprint density at radius 2 is 1.83 bits per heavy atom. The van der Waals surface area contributed by atoms with E-state index in [2.05, 4.69) is 6.58 Å². The van der Waals surface area contributed by atoms with E-state index >= 15 is 0 Å². The largest absolute Gasteiger partial charge is 0.456 e. The molecule has 1 heterocycles. The first-order chi connectivity index (χ1) is 11.5. The SMILES string of the molecule is C=C(Cl)COC(=O)c1ccc2c(c1)C(=O)N(C1CCCCC1)C2=O. The van der Waals surface area contributed by atoms with Gasteiger partial charge in [-0.2, -0.15) is 0 Å². The lowest BCUT2D eigenvalue weighted by Crippen LogP contribution is -2.40. The zero-order valence-corrected chi connectivity index (χ0v) is 14.0. The number of carbonyl (C=O) groups is 3. The van der Waals surface area contributed by atoms with Crippen LogP contribution in [0.1, 0.15) is 63.2 Å². The summed E-state index contributed by atoms with van der Waals surface area (Å²) in [6.07, 6.45) is 4.88.